The number of likely N-dealkylation sites (tertiary alicyclic amines) is 2. The molecule has 18 heteroatoms. The van der Waals surface area contributed by atoms with Gasteiger partial charge in [-0.3, -0.25) is 14.4 Å². The first-order chi connectivity index (χ1) is 26.8. The molecule has 1 amide bonds. The van der Waals surface area contributed by atoms with Crippen molar-refractivity contribution in [3.8, 4) is 6.01 Å². The van der Waals surface area contributed by atoms with Crippen molar-refractivity contribution in [2.75, 3.05) is 64.1 Å². The summed E-state index contributed by atoms with van der Waals surface area (Å²) >= 11 is 6.90. The lowest BCUT2D eigenvalue weighted by Gasteiger charge is -2.33. The molecule has 0 spiro atoms. The fourth-order valence-electron chi connectivity index (χ4n) is 9.49. The average Bonchev–Trinajstić information content (AvgIpc) is 3.92. The van der Waals surface area contributed by atoms with Crippen molar-refractivity contribution < 1.29 is 36.2 Å². The molecule has 1 aromatic carbocycles. The molecular formula is C38H47ClF5N9O3. The number of nitrogens with zero attached hydrogens (tertiary/aromatic N) is 8. The van der Waals surface area contributed by atoms with E-state index >= 15 is 4.39 Å². The summed E-state index contributed by atoms with van der Waals surface area (Å²) in [4.78, 5) is 31.1. The smallest absolute Gasteiger partial charge is 0.416 e. The van der Waals surface area contributed by atoms with Gasteiger partial charge in [-0.05, 0) is 76.7 Å². The lowest BCUT2D eigenvalue weighted by atomic mass is 9.93. The molecule has 8 heterocycles. The lowest BCUT2D eigenvalue weighted by molar-refractivity contribution is -0.140. The summed E-state index contributed by atoms with van der Waals surface area (Å²) in [7, 11) is 3.49. The van der Waals surface area contributed by atoms with Crippen LogP contribution in [0.4, 0.5) is 33.5 Å². The van der Waals surface area contributed by atoms with E-state index in [1.54, 1.807) is 4.68 Å². The summed E-state index contributed by atoms with van der Waals surface area (Å²) in [5, 5.41) is 4.95. The predicted molar refractivity (Wildman–Crippen MR) is 198 cm³/mol. The van der Waals surface area contributed by atoms with Gasteiger partial charge in [0.05, 0.1) is 54.0 Å². The number of piperidine rings is 1. The highest BCUT2D eigenvalue weighted by Gasteiger charge is 2.43. The molecule has 0 aliphatic carbocycles. The number of aryl methyl sites for hydroxylation is 1. The first-order valence-corrected chi connectivity index (χ1v) is 19.8. The molecule has 56 heavy (non-hydrogen) atoms. The molecule has 0 bridgehead atoms. The van der Waals surface area contributed by atoms with Crippen LogP contribution in [0.1, 0.15) is 83.2 Å². The fourth-order valence-corrected chi connectivity index (χ4v) is 9.76. The van der Waals surface area contributed by atoms with Crippen LogP contribution in [-0.2, 0) is 37.0 Å². The zero-order valence-electron chi connectivity index (χ0n) is 31.5. The van der Waals surface area contributed by atoms with Gasteiger partial charge in [0, 0.05) is 62.4 Å². The largest absolute Gasteiger partial charge is 0.467 e. The van der Waals surface area contributed by atoms with E-state index in [-0.39, 0.29) is 42.2 Å². The number of alkyl halides is 4. The van der Waals surface area contributed by atoms with Gasteiger partial charge >= 0.3 is 12.2 Å². The van der Waals surface area contributed by atoms with Crippen LogP contribution in [-0.4, -0.2) is 112 Å². The highest BCUT2D eigenvalue weighted by atomic mass is 35.5. The SMILES string of the molecule is COc1nc2c(c(N3CCCn4nc(C(=O)N5CC6CCCN(C)C6C5)c(Cl)c4C3)n1)COC(c1c(C(F)(F)F)ccc(N)c1F)C2.FC1CC2CCCN2C1. The zero-order chi connectivity index (χ0) is 39.5. The Morgan fingerprint density at radius 2 is 1.86 bits per heavy atom. The van der Waals surface area contributed by atoms with Crippen molar-refractivity contribution in [1.82, 2.24) is 34.4 Å². The Bertz CT molecular complexity index is 1950. The third kappa shape index (κ3) is 7.39. The number of amides is 1. The molecule has 0 saturated carbocycles. The van der Waals surface area contributed by atoms with Crippen molar-refractivity contribution in [3.05, 3.63) is 56.7 Å². The quantitative estimate of drug-likeness (QED) is 0.262. The molecule has 4 fully saturated rings. The molecule has 0 radical (unpaired) electrons. The average molecular weight is 808 g/mol. The number of rotatable bonds is 4. The van der Waals surface area contributed by atoms with Gasteiger partial charge in [-0.25, -0.2) is 8.78 Å². The summed E-state index contributed by atoms with van der Waals surface area (Å²) < 4.78 is 82.4. The van der Waals surface area contributed by atoms with Crippen LogP contribution < -0.4 is 15.4 Å². The van der Waals surface area contributed by atoms with Crippen LogP contribution in [0.15, 0.2) is 12.1 Å². The minimum Gasteiger partial charge on any atom is -0.467 e. The minimum absolute atomic E-state index is 0.00341. The van der Waals surface area contributed by atoms with E-state index in [0.717, 1.165) is 44.5 Å². The van der Waals surface area contributed by atoms with Crippen molar-refractivity contribution in [2.45, 2.75) is 95.2 Å². The number of nitrogen functional groups attached to an aromatic ring is 1. The molecule has 2 aromatic heterocycles. The number of ether oxygens (including phenoxy) is 2. The summed E-state index contributed by atoms with van der Waals surface area (Å²) in [6.45, 7) is 5.32. The van der Waals surface area contributed by atoms with Crippen molar-refractivity contribution in [1.29, 1.82) is 0 Å². The molecule has 2 N–H and O–H groups in total. The monoisotopic (exact) mass is 807 g/mol. The maximum Gasteiger partial charge on any atom is 0.416 e. The summed E-state index contributed by atoms with van der Waals surface area (Å²) in [5.41, 5.74) is 5.24. The fraction of sp³-hybridized carbons (Fsp3) is 0.632. The number of aromatic nitrogens is 4. The van der Waals surface area contributed by atoms with Crippen LogP contribution in [0.25, 0.3) is 0 Å². The standard InChI is InChI=1S/C31H35ClF4N8O3.C7H12FN/c1-41-8-3-5-16-12-43(13-21(16)41)29(45)27-25(32)22-14-42(9-4-10-44(22)40-27)28-17-15-47-23(11-20(17)38-30(39-28)46-2)24-18(31(34,35)36)6-7-19(37)26(24)33;8-6-4-7-2-1-3-9(7)5-6/h6-7,16,21,23H,3-5,8-15,37H2,1-2H3;6-7H,1-5H2. The van der Waals surface area contributed by atoms with E-state index in [1.807, 2.05) is 9.80 Å². The zero-order valence-corrected chi connectivity index (χ0v) is 32.3. The molecular weight excluding hydrogens is 761 g/mol. The van der Waals surface area contributed by atoms with E-state index in [1.165, 1.54) is 20.0 Å². The molecule has 304 valence electrons. The molecule has 3 aromatic rings. The molecule has 4 saturated heterocycles. The summed E-state index contributed by atoms with van der Waals surface area (Å²) in [6, 6.07) is 2.60. The number of nitrogens with two attached hydrogens (primary N) is 1. The van der Waals surface area contributed by atoms with Crippen LogP contribution in [0.2, 0.25) is 5.02 Å². The van der Waals surface area contributed by atoms with Crippen molar-refractivity contribution in [3.63, 3.8) is 0 Å². The topological polar surface area (TPSA) is 118 Å². The van der Waals surface area contributed by atoms with Gasteiger partial charge in [0.1, 0.15) is 12.0 Å². The minimum atomic E-state index is -4.82. The lowest BCUT2D eigenvalue weighted by Crippen LogP contribution is -2.42. The third-order valence-corrected chi connectivity index (χ3v) is 12.7. The Kier molecular flexibility index (Phi) is 10.8. The van der Waals surface area contributed by atoms with E-state index < -0.39 is 41.1 Å². The van der Waals surface area contributed by atoms with E-state index in [2.05, 4.69) is 31.9 Å². The van der Waals surface area contributed by atoms with Gasteiger partial charge in [0.15, 0.2) is 11.5 Å². The number of hydrogen-bond donors (Lipinski definition) is 1. The highest BCUT2D eigenvalue weighted by molar-refractivity contribution is 6.34. The van der Waals surface area contributed by atoms with Gasteiger partial charge < -0.3 is 29.9 Å². The van der Waals surface area contributed by atoms with E-state index in [0.29, 0.717) is 79.9 Å². The van der Waals surface area contributed by atoms with E-state index in [9.17, 15) is 22.4 Å². The Hall–Kier alpha value is -3.80. The number of likely N-dealkylation sites (N-methyl/N-ethyl adjacent to an activating group) is 1. The number of fused-ring (bicyclic) bond motifs is 4. The second-order valence-electron chi connectivity index (χ2n) is 15.8. The van der Waals surface area contributed by atoms with Crippen LogP contribution in [0.3, 0.4) is 0 Å². The number of methoxy groups -OCH3 is 1. The first kappa shape index (κ1) is 39.0. The Labute approximate surface area is 327 Å². The molecule has 12 nitrogen and oxygen atoms in total. The number of hydrogen-bond acceptors (Lipinski definition) is 10. The predicted octanol–water partition coefficient (Wildman–Crippen LogP) is 5.66. The maximum absolute atomic E-state index is 15.1. The van der Waals surface area contributed by atoms with Crippen molar-refractivity contribution >= 4 is 29.0 Å². The number of carbonyl (C=O) groups excluding carboxylic acids is 1. The van der Waals surface area contributed by atoms with Gasteiger partial charge in [-0.15, -0.1) is 0 Å². The van der Waals surface area contributed by atoms with Gasteiger partial charge in [0.2, 0.25) is 0 Å². The second kappa shape index (κ2) is 15.5. The number of halogens is 6. The Morgan fingerprint density at radius 3 is 2.61 bits per heavy atom. The normalized spacial score (nSPS) is 26.5. The number of anilines is 2. The second-order valence-corrected chi connectivity index (χ2v) is 16.2. The van der Waals surface area contributed by atoms with Gasteiger partial charge in [-0.2, -0.15) is 28.2 Å². The van der Waals surface area contributed by atoms with Gasteiger partial charge in [0.25, 0.3) is 5.91 Å². The molecule has 5 unspecified atom stereocenters. The van der Waals surface area contributed by atoms with Gasteiger partial charge in [-0.1, -0.05) is 11.6 Å². The molecule has 6 aliphatic heterocycles. The Balaban J connectivity index is 0.000000427. The molecule has 5 atom stereocenters. The number of carbonyl (C=O) groups is 1. The summed E-state index contributed by atoms with van der Waals surface area (Å²) in [5.74, 6) is -0.462. The first-order valence-electron chi connectivity index (χ1n) is 19.4. The molecule has 9 rings (SSSR count). The van der Waals surface area contributed by atoms with Crippen LogP contribution >= 0.6 is 11.6 Å². The van der Waals surface area contributed by atoms with Crippen molar-refractivity contribution in [2.24, 2.45) is 5.92 Å². The highest BCUT2D eigenvalue weighted by Crippen LogP contribution is 2.43. The third-order valence-electron chi connectivity index (χ3n) is 12.3. The molecule has 6 aliphatic rings. The Morgan fingerprint density at radius 1 is 1.05 bits per heavy atom. The van der Waals surface area contributed by atoms with E-state index in [4.69, 9.17) is 26.8 Å². The van der Waals surface area contributed by atoms with Crippen LogP contribution in [0.5, 0.6) is 6.01 Å². The summed E-state index contributed by atoms with van der Waals surface area (Å²) in [6.07, 6.45) is -0.611. The number of benzene rings is 1. The maximum atomic E-state index is 15.1. The van der Waals surface area contributed by atoms with Crippen LogP contribution in [0, 0.1) is 11.7 Å².